The molecule has 5 rings (SSSR count). The second-order valence-corrected chi connectivity index (χ2v) is 11.2. The third-order valence-electron chi connectivity index (χ3n) is 6.63. The van der Waals surface area contributed by atoms with Crippen LogP contribution < -0.4 is 19.8 Å². The number of para-hydroxylation sites is 1. The van der Waals surface area contributed by atoms with Crippen LogP contribution in [0.4, 0.5) is 23.0 Å². The number of sulfonamides is 1. The van der Waals surface area contributed by atoms with Crippen LogP contribution in [0.15, 0.2) is 67.0 Å². The molecule has 0 aliphatic carbocycles. The van der Waals surface area contributed by atoms with Crippen molar-refractivity contribution in [3.63, 3.8) is 0 Å². The van der Waals surface area contributed by atoms with Crippen molar-refractivity contribution in [2.24, 2.45) is 0 Å². The number of rotatable bonds is 7. The predicted octanol–water partition coefficient (Wildman–Crippen LogP) is 3.42. The molecule has 3 heterocycles. The van der Waals surface area contributed by atoms with Gasteiger partial charge in [-0.25, -0.2) is 13.4 Å². The number of hydrogen-bond acceptors (Lipinski definition) is 7. The van der Waals surface area contributed by atoms with Crippen LogP contribution in [-0.4, -0.2) is 61.9 Å². The van der Waals surface area contributed by atoms with Gasteiger partial charge in [0.05, 0.1) is 18.5 Å². The molecule has 1 aliphatic rings. The molecule has 0 unspecified atom stereocenters. The number of benzene rings is 2. The van der Waals surface area contributed by atoms with E-state index < -0.39 is 10.0 Å². The Morgan fingerprint density at radius 1 is 1.14 bits per heavy atom. The van der Waals surface area contributed by atoms with Gasteiger partial charge in [-0.05, 0) is 48.9 Å². The van der Waals surface area contributed by atoms with E-state index in [-0.39, 0.29) is 0 Å². The third kappa shape index (κ3) is 5.00. The quantitative estimate of drug-likeness (QED) is 0.397. The van der Waals surface area contributed by atoms with Crippen LogP contribution in [0, 0.1) is 0 Å². The first-order valence-corrected chi connectivity index (χ1v) is 13.8. The molecule has 1 aliphatic heterocycles. The minimum absolute atomic E-state index is 0.457. The summed E-state index contributed by atoms with van der Waals surface area (Å²) in [6.07, 6.45) is 4.95. The Hall–Kier alpha value is -3.63. The maximum absolute atomic E-state index is 12.1. The van der Waals surface area contributed by atoms with E-state index in [0.717, 1.165) is 41.9 Å². The summed E-state index contributed by atoms with van der Waals surface area (Å²) in [5, 5.41) is 7.65. The number of nitrogens with zero attached hydrogens (tertiary/aromatic N) is 5. The highest BCUT2D eigenvalue weighted by atomic mass is 32.2. The SMILES string of the molecule is C[C@H]1CNCCN1c1ccc(Nc2ncc3ccn(Cc4ccccc4N(C)S(C)(=O)=O)c3n2)cc1. The van der Waals surface area contributed by atoms with E-state index >= 15 is 0 Å². The van der Waals surface area contributed by atoms with E-state index in [2.05, 4.69) is 39.6 Å². The number of anilines is 4. The Balaban J connectivity index is 1.37. The molecule has 2 aromatic carbocycles. The monoisotopic (exact) mass is 505 g/mol. The molecule has 0 bridgehead atoms. The predicted molar refractivity (Wildman–Crippen MR) is 146 cm³/mol. The number of hydrogen-bond donors (Lipinski definition) is 2. The highest BCUT2D eigenvalue weighted by Gasteiger charge is 2.18. The second kappa shape index (κ2) is 9.79. The average molecular weight is 506 g/mol. The normalized spacial score (nSPS) is 16.3. The number of fused-ring (bicyclic) bond motifs is 1. The zero-order chi connectivity index (χ0) is 25.3. The molecule has 0 spiro atoms. The van der Waals surface area contributed by atoms with E-state index in [1.807, 2.05) is 53.2 Å². The van der Waals surface area contributed by atoms with Gasteiger partial charge in [0.1, 0.15) is 5.65 Å². The van der Waals surface area contributed by atoms with Crippen molar-refractivity contribution in [1.29, 1.82) is 0 Å². The molecule has 188 valence electrons. The first-order chi connectivity index (χ1) is 17.3. The lowest BCUT2D eigenvalue weighted by molar-refractivity contribution is 0.501. The van der Waals surface area contributed by atoms with E-state index in [0.29, 0.717) is 24.2 Å². The zero-order valence-electron chi connectivity index (χ0n) is 20.7. The summed E-state index contributed by atoms with van der Waals surface area (Å²) in [4.78, 5) is 11.7. The standard InChI is InChI=1S/C26H31N7O2S/c1-19-16-27-13-15-33(19)23-10-8-22(9-11-23)29-26-28-17-20-12-14-32(25(20)30-26)18-21-6-4-5-7-24(21)31(2)36(3,34)35/h4-12,14,17,19,27H,13,15-16,18H2,1-3H3,(H,28,29,30)/t19-/m0/s1. The molecule has 0 saturated carbocycles. The molecular formula is C26H31N7O2S. The van der Waals surface area contributed by atoms with Crippen LogP contribution in [0.1, 0.15) is 12.5 Å². The van der Waals surface area contributed by atoms with Gasteiger partial charge in [0, 0.05) is 61.9 Å². The van der Waals surface area contributed by atoms with Crippen molar-refractivity contribution in [2.75, 3.05) is 47.5 Å². The zero-order valence-corrected chi connectivity index (χ0v) is 21.5. The Kier molecular flexibility index (Phi) is 6.55. The van der Waals surface area contributed by atoms with Crippen LogP contribution in [0.25, 0.3) is 11.0 Å². The van der Waals surface area contributed by atoms with Crippen molar-refractivity contribution >= 4 is 44.1 Å². The third-order valence-corrected chi connectivity index (χ3v) is 7.82. The topological polar surface area (TPSA) is 95.4 Å². The van der Waals surface area contributed by atoms with E-state index in [1.165, 1.54) is 16.2 Å². The van der Waals surface area contributed by atoms with E-state index in [4.69, 9.17) is 4.98 Å². The average Bonchev–Trinajstić information content (AvgIpc) is 3.26. The Morgan fingerprint density at radius 3 is 2.67 bits per heavy atom. The van der Waals surface area contributed by atoms with Crippen LogP contribution in [0.2, 0.25) is 0 Å². The Labute approximate surface area is 211 Å². The smallest absolute Gasteiger partial charge is 0.232 e. The molecule has 1 saturated heterocycles. The molecule has 1 atom stereocenters. The minimum atomic E-state index is -3.37. The van der Waals surface area contributed by atoms with Gasteiger partial charge in [-0.1, -0.05) is 18.2 Å². The summed E-state index contributed by atoms with van der Waals surface area (Å²) in [5.74, 6) is 0.507. The van der Waals surface area contributed by atoms with Crippen molar-refractivity contribution in [2.45, 2.75) is 19.5 Å². The van der Waals surface area contributed by atoms with Crippen molar-refractivity contribution in [1.82, 2.24) is 19.9 Å². The van der Waals surface area contributed by atoms with Crippen molar-refractivity contribution in [3.05, 3.63) is 72.6 Å². The summed E-state index contributed by atoms with van der Waals surface area (Å²) >= 11 is 0. The summed E-state index contributed by atoms with van der Waals surface area (Å²) in [6.45, 7) is 5.69. The molecular weight excluding hydrogens is 474 g/mol. The molecule has 1 fully saturated rings. The van der Waals surface area contributed by atoms with Crippen molar-refractivity contribution < 1.29 is 8.42 Å². The van der Waals surface area contributed by atoms with Crippen LogP contribution in [0.5, 0.6) is 0 Å². The molecule has 9 nitrogen and oxygen atoms in total. The molecule has 0 amide bonds. The fraction of sp³-hybridized carbons (Fsp3) is 0.308. The van der Waals surface area contributed by atoms with Crippen LogP contribution in [-0.2, 0) is 16.6 Å². The minimum Gasteiger partial charge on any atom is -0.366 e. The largest absolute Gasteiger partial charge is 0.366 e. The molecule has 36 heavy (non-hydrogen) atoms. The molecule has 4 aromatic rings. The summed E-state index contributed by atoms with van der Waals surface area (Å²) in [5.41, 5.74) is 4.43. The summed E-state index contributed by atoms with van der Waals surface area (Å²) in [6, 6.07) is 18.3. The van der Waals surface area contributed by atoms with Gasteiger partial charge in [0.15, 0.2) is 0 Å². The highest BCUT2D eigenvalue weighted by molar-refractivity contribution is 7.92. The number of aromatic nitrogens is 3. The second-order valence-electron chi connectivity index (χ2n) is 9.19. The van der Waals surface area contributed by atoms with Gasteiger partial charge in [-0.2, -0.15) is 4.98 Å². The van der Waals surface area contributed by atoms with E-state index in [9.17, 15) is 8.42 Å². The van der Waals surface area contributed by atoms with Crippen molar-refractivity contribution in [3.8, 4) is 0 Å². The lowest BCUT2D eigenvalue weighted by Gasteiger charge is -2.36. The molecule has 2 aromatic heterocycles. The summed E-state index contributed by atoms with van der Waals surface area (Å²) in [7, 11) is -1.80. The number of nitrogens with one attached hydrogen (secondary N) is 2. The Morgan fingerprint density at radius 2 is 1.92 bits per heavy atom. The molecule has 2 N–H and O–H groups in total. The lowest BCUT2D eigenvalue weighted by atomic mass is 10.1. The van der Waals surface area contributed by atoms with Gasteiger partial charge in [0.2, 0.25) is 16.0 Å². The first kappa shape index (κ1) is 24.1. The van der Waals surface area contributed by atoms with Gasteiger partial charge in [-0.3, -0.25) is 4.31 Å². The van der Waals surface area contributed by atoms with E-state index in [1.54, 1.807) is 13.2 Å². The van der Waals surface area contributed by atoms with Crippen LogP contribution >= 0.6 is 0 Å². The van der Waals surface area contributed by atoms with Crippen LogP contribution in [0.3, 0.4) is 0 Å². The van der Waals surface area contributed by atoms with Gasteiger partial charge in [-0.15, -0.1) is 0 Å². The fourth-order valence-corrected chi connectivity index (χ4v) is 5.10. The Bertz CT molecular complexity index is 1470. The first-order valence-electron chi connectivity index (χ1n) is 12.0. The summed E-state index contributed by atoms with van der Waals surface area (Å²) < 4.78 is 27.6. The van der Waals surface area contributed by atoms with Gasteiger partial charge in [0.25, 0.3) is 0 Å². The molecule has 10 heteroatoms. The lowest BCUT2D eigenvalue weighted by Crippen LogP contribution is -2.49. The molecule has 0 radical (unpaired) electrons. The van der Waals surface area contributed by atoms with Gasteiger partial charge < -0.3 is 20.1 Å². The highest BCUT2D eigenvalue weighted by Crippen LogP contribution is 2.26. The number of piperazine rings is 1. The maximum Gasteiger partial charge on any atom is 0.232 e. The maximum atomic E-state index is 12.1. The fourth-order valence-electron chi connectivity index (χ4n) is 4.56. The van der Waals surface area contributed by atoms with Gasteiger partial charge >= 0.3 is 0 Å².